The van der Waals surface area contributed by atoms with Crippen molar-refractivity contribution in [2.75, 3.05) is 14.2 Å². The van der Waals surface area contributed by atoms with Crippen LogP contribution in [0.25, 0.3) is 11.0 Å². The molecule has 6 heteroatoms. The Hall–Kier alpha value is -2.60. The first-order valence-electron chi connectivity index (χ1n) is 8.76. The molecule has 0 aliphatic carbocycles. The van der Waals surface area contributed by atoms with Gasteiger partial charge in [0.25, 0.3) is 0 Å². The van der Waals surface area contributed by atoms with Gasteiger partial charge in [-0.3, -0.25) is 4.79 Å². The number of thioether (sulfide) groups is 1. The summed E-state index contributed by atoms with van der Waals surface area (Å²) in [5.41, 5.74) is 1.70. The Bertz CT molecular complexity index is 928. The van der Waals surface area contributed by atoms with E-state index in [0.29, 0.717) is 18.0 Å². The van der Waals surface area contributed by atoms with E-state index >= 15 is 0 Å². The molecular weight excluding hydrogens is 362 g/mol. The van der Waals surface area contributed by atoms with Crippen molar-refractivity contribution < 1.29 is 18.7 Å². The summed E-state index contributed by atoms with van der Waals surface area (Å²) < 4.78 is 17.1. The molecule has 1 aliphatic rings. The molecule has 1 amide bonds. The third-order valence-corrected chi connectivity index (χ3v) is 6.12. The zero-order chi connectivity index (χ0) is 19.0. The lowest BCUT2D eigenvalue weighted by molar-refractivity contribution is -0.130. The second kappa shape index (κ2) is 7.19. The molecule has 0 saturated carbocycles. The summed E-state index contributed by atoms with van der Waals surface area (Å²) in [6.45, 7) is 2.33. The van der Waals surface area contributed by atoms with Crippen LogP contribution in [0.2, 0.25) is 0 Å². The average Bonchev–Trinajstić information content (AvgIpc) is 3.22. The first kappa shape index (κ1) is 17.8. The summed E-state index contributed by atoms with van der Waals surface area (Å²) in [6, 6.07) is 15.5. The van der Waals surface area contributed by atoms with Crippen molar-refractivity contribution in [3.8, 4) is 11.5 Å². The predicted molar refractivity (Wildman–Crippen MR) is 106 cm³/mol. The third-order valence-electron chi connectivity index (χ3n) is 4.76. The number of carbonyl (C=O) groups is 1. The molecule has 2 heterocycles. The van der Waals surface area contributed by atoms with Crippen molar-refractivity contribution in [1.29, 1.82) is 0 Å². The predicted octanol–water partition coefficient (Wildman–Crippen LogP) is 4.61. The minimum absolute atomic E-state index is 0.0819. The number of furan rings is 1. The van der Waals surface area contributed by atoms with E-state index < -0.39 is 0 Å². The fraction of sp³-hybridized carbons (Fsp3) is 0.286. The highest BCUT2D eigenvalue weighted by atomic mass is 32.2. The molecule has 4 rings (SSSR count). The second-order valence-corrected chi connectivity index (χ2v) is 7.85. The van der Waals surface area contributed by atoms with Gasteiger partial charge in [0.15, 0.2) is 0 Å². The zero-order valence-corrected chi connectivity index (χ0v) is 16.3. The molecule has 0 radical (unpaired) electrons. The standard InChI is InChI=1S/C21H21NO4S/c1-13-20(23)22(12-15-11-14-7-4-5-8-16(14)26-15)21(27-13)19-17(24-2)9-6-10-18(19)25-3/h4-11,13,21H,12H2,1-3H3. The molecule has 140 valence electrons. The van der Waals surface area contributed by atoms with Gasteiger partial charge in [-0.15, -0.1) is 11.8 Å². The molecule has 1 saturated heterocycles. The van der Waals surface area contributed by atoms with Crippen LogP contribution in [0.3, 0.4) is 0 Å². The largest absolute Gasteiger partial charge is 0.496 e. The first-order valence-corrected chi connectivity index (χ1v) is 9.71. The molecule has 5 nitrogen and oxygen atoms in total. The van der Waals surface area contributed by atoms with Crippen LogP contribution in [-0.2, 0) is 11.3 Å². The fourth-order valence-corrected chi connectivity index (χ4v) is 4.80. The van der Waals surface area contributed by atoms with E-state index in [0.717, 1.165) is 22.3 Å². The number of hydrogen-bond donors (Lipinski definition) is 0. The van der Waals surface area contributed by atoms with Crippen LogP contribution in [0.1, 0.15) is 23.6 Å². The molecule has 27 heavy (non-hydrogen) atoms. The van der Waals surface area contributed by atoms with E-state index in [2.05, 4.69) is 0 Å². The number of carbonyl (C=O) groups excluding carboxylic acids is 1. The Morgan fingerprint density at radius 3 is 2.44 bits per heavy atom. The van der Waals surface area contributed by atoms with Crippen molar-refractivity contribution in [3.63, 3.8) is 0 Å². The summed E-state index contributed by atoms with van der Waals surface area (Å²) in [5.74, 6) is 2.27. The lowest BCUT2D eigenvalue weighted by Gasteiger charge is -2.26. The lowest BCUT2D eigenvalue weighted by Crippen LogP contribution is -2.30. The van der Waals surface area contributed by atoms with Crippen LogP contribution >= 0.6 is 11.8 Å². The zero-order valence-electron chi connectivity index (χ0n) is 15.5. The van der Waals surface area contributed by atoms with Crippen LogP contribution < -0.4 is 9.47 Å². The van der Waals surface area contributed by atoms with Gasteiger partial charge in [-0.05, 0) is 31.2 Å². The maximum atomic E-state index is 12.9. The number of amides is 1. The highest BCUT2D eigenvalue weighted by Crippen LogP contribution is 2.49. The smallest absolute Gasteiger partial charge is 0.237 e. The van der Waals surface area contributed by atoms with E-state index in [9.17, 15) is 4.79 Å². The Morgan fingerprint density at radius 2 is 1.78 bits per heavy atom. The molecule has 1 aromatic heterocycles. The van der Waals surface area contributed by atoms with Gasteiger partial charge in [-0.1, -0.05) is 24.3 Å². The Labute approximate surface area is 162 Å². The van der Waals surface area contributed by atoms with Gasteiger partial charge >= 0.3 is 0 Å². The number of hydrogen-bond acceptors (Lipinski definition) is 5. The highest BCUT2D eigenvalue weighted by Gasteiger charge is 2.41. The molecule has 2 atom stereocenters. The normalized spacial score (nSPS) is 19.7. The number of benzene rings is 2. The van der Waals surface area contributed by atoms with Crippen LogP contribution in [-0.4, -0.2) is 30.3 Å². The maximum absolute atomic E-state index is 12.9. The Morgan fingerprint density at radius 1 is 1.07 bits per heavy atom. The molecule has 2 aromatic carbocycles. The summed E-state index contributed by atoms with van der Waals surface area (Å²) in [5, 5.41) is 0.687. The molecule has 3 aromatic rings. The van der Waals surface area contributed by atoms with Gasteiger partial charge in [0, 0.05) is 5.39 Å². The van der Waals surface area contributed by atoms with E-state index in [1.54, 1.807) is 26.0 Å². The van der Waals surface area contributed by atoms with Gasteiger partial charge in [0.05, 0.1) is 31.6 Å². The summed E-state index contributed by atoms with van der Waals surface area (Å²) in [4.78, 5) is 14.7. The molecule has 1 aliphatic heterocycles. The van der Waals surface area contributed by atoms with Crippen molar-refractivity contribution in [1.82, 2.24) is 4.90 Å². The van der Waals surface area contributed by atoms with Crippen LogP contribution in [0, 0.1) is 0 Å². The van der Waals surface area contributed by atoms with E-state index in [1.165, 1.54) is 0 Å². The lowest BCUT2D eigenvalue weighted by atomic mass is 10.1. The number of ether oxygens (including phenoxy) is 2. The average molecular weight is 383 g/mol. The van der Waals surface area contributed by atoms with Crippen LogP contribution in [0.15, 0.2) is 52.9 Å². The second-order valence-electron chi connectivity index (χ2n) is 6.42. The Kier molecular flexibility index (Phi) is 4.74. The monoisotopic (exact) mass is 383 g/mol. The quantitative estimate of drug-likeness (QED) is 0.644. The molecule has 0 N–H and O–H groups in total. The fourth-order valence-electron chi connectivity index (χ4n) is 3.46. The number of rotatable bonds is 5. The number of methoxy groups -OCH3 is 2. The number of para-hydroxylation sites is 1. The molecule has 2 unspecified atom stereocenters. The van der Waals surface area contributed by atoms with E-state index in [4.69, 9.17) is 13.9 Å². The first-order chi connectivity index (χ1) is 13.1. The Balaban J connectivity index is 1.73. The van der Waals surface area contributed by atoms with Crippen molar-refractivity contribution in [2.24, 2.45) is 0 Å². The summed E-state index contributed by atoms with van der Waals surface area (Å²) >= 11 is 1.59. The van der Waals surface area contributed by atoms with E-state index in [1.807, 2.05) is 60.4 Å². The van der Waals surface area contributed by atoms with Crippen LogP contribution in [0.5, 0.6) is 11.5 Å². The van der Waals surface area contributed by atoms with Crippen molar-refractivity contribution >= 4 is 28.6 Å². The molecule has 0 spiro atoms. The molecule has 0 bridgehead atoms. The minimum atomic E-state index is -0.202. The maximum Gasteiger partial charge on any atom is 0.237 e. The van der Waals surface area contributed by atoms with Gasteiger partial charge in [-0.25, -0.2) is 0 Å². The van der Waals surface area contributed by atoms with Gasteiger partial charge < -0.3 is 18.8 Å². The van der Waals surface area contributed by atoms with Gasteiger partial charge in [0.2, 0.25) is 5.91 Å². The van der Waals surface area contributed by atoms with E-state index in [-0.39, 0.29) is 16.5 Å². The minimum Gasteiger partial charge on any atom is -0.496 e. The molecular formula is C21H21NO4S. The topological polar surface area (TPSA) is 51.9 Å². The van der Waals surface area contributed by atoms with Gasteiger partial charge in [0.1, 0.15) is 28.2 Å². The van der Waals surface area contributed by atoms with Gasteiger partial charge in [-0.2, -0.15) is 0 Å². The SMILES string of the molecule is COc1cccc(OC)c1C1SC(C)C(=O)N1Cc1cc2ccccc2o1. The number of nitrogens with zero attached hydrogens (tertiary/aromatic N) is 1. The summed E-state index contributed by atoms with van der Waals surface area (Å²) in [6.07, 6.45) is 0. The number of fused-ring (bicyclic) bond motifs is 1. The molecule has 1 fully saturated rings. The highest BCUT2D eigenvalue weighted by molar-refractivity contribution is 8.01. The van der Waals surface area contributed by atoms with Crippen LogP contribution in [0.4, 0.5) is 0 Å². The summed E-state index contributed by atoms with van der Waals surface area (Å²) in [7, 11) is 3.26. The van der Waals surface area contributed by atoms with Crippen molar-refractivity contribution in [3.05, 3.63) is 59.9 Å². The van der Waals surface area contributed by atoms with Crippen molar-refractivity contribution in [2.45, 2.75) is 24.1 Å². The third kappa shape index (κ3) is 3.14.